The predicted molar refractivity (Wildman–Crippen MR) is 220 cm³/mol. The van der Waals surface area contributed by atoms with Crippen LogP contribution < -0.4 is 4.90 Å². The Kier molecular flexibility index (Phi) is 6.22. The summed E-state index contributed by atoms with van der Waals surface area (Å²) in [7, 11) is 0. The fourth-order valence-electron chi connectivity index (χ4n) is 7.43. The van der Waals surface area contributed by atoms with E-state index in [1.807, 2.05) is 77.7 Å². The molecule has 0 atom stereocenters. The van der Waals surface area contributed by atoms with Gasteiger partial charge in [-0.25, -0.2) is 0 Å². The molecule has 0 unspecified atom stereocenters. The molecule has 244 valence electrons. The Morgan fingerprint density at radius 1 is 0.423 bits per heavy atom. The molecule has 10 aromatic rings. The third-order valence-corrected chi connectivity index (χ3v) is 9.95. The van der Waals surface area contributed by atoms with Gasteiger partial charge in [0.15, 0.2) is 0 Å². The lowest BCUT2D eigenvalue weighted by Gasteiger charge is -2.27. The highest BCUT2D eigenvalue weighted by Crippen LogP contribution is 2.45. The number of hydrogen-bond donors (Lipinski definition) is 0. The van der Waals surface area contributed by atoms with E-state index in [0.717, 1.165) is 43.8 Å². The fourth-order valence-corrected chi connectivity index (χ4v) is 7.43. The van der Waals surface area contributed by atoms with Crippen LogP contribution >= 0.6 is 0 Å². The van der Waals surface area contributed by atoms with Crippen molar-refractivity contribution in [2.45, 2.75) is 0 Å². The maximum Gasteiger partial charge on any atom is 0.143 e. The van der Waals surface area contributed by atoms with Crippen LogP contribution in [0.15, 0.2) is 205 Å². The van der Waals surface area contributed by atoms with Gasteiger partial charge in [-0.1, -0.05) is 158 Å². The molecule has 2 heteroatoms. The average Bonchev–Trinajstić information content (AvgIpc) is 3.65. The number of fused-ring (bicyclic) bond motifs is 6. The number of nitrogens with zero attached hydrogens (tertiary/aromatic N) is 1. The molecule has 2 nitrogen and oxygen atoms in total. The third-order valence-electron chi connectivity index (χ3n) is 9.95. The van der Waals surface area contributed by atoms with Gasteiger partial charge in [-0.3, -0.25) is 0 Å². The first kappa shape index (κ1) is 26.0. The van der Waals surface area contributed by atoms with Crippen LogP contribution in [0.25, 0.3) is 76.9 Å². The van der Waals surface area contributed by atoms with E-state index in [2.05, 4.69) is 103 Å². The van der Waals surface area contributed by atoms with E-state index in [1.54, 1.807) is 0 Å². The van der Waals surface area contributed by atoms with E-state index < -0.39 is 0 Å². The molecule has 0 aliphatic carbocycles. The summed E-state index contributed by atoms with van der Waals surface area (Å²) in [6, 6.07) is 58.4. The minimum Gasteiger partial charge on any atom is -0.455 e. The van der Waals surface area contributed by atoms with Gasteiger partial charge in [0.25, 0.3) is 0 Å². The molecular weight excluding hydrogens is 631 g/mol. The molecule has 0 radical (unpaired) electrons. The quantitative estimate of drug-likeness (QED) is 0.175. The lowest BCUT2D eigenvalue weighted by molar-refractivity contribution is 0.672. The molecule has 1 aromatic heterocycles. The second-order valence-electron chi connectivity index (χ2n) is 13.0. The molecule has 0 spiro atoms. The van der Waals surface area contributed by atoms with Crippen molar-refractivity contribution in [3.05, 3.63) is 200 Å². The van der Waals surface area contributed by atoms with Gasteiger partial charge in [0.1, 0.15) is 11.2 Å². The molecule has 0 fully saturated rings. The monoisotopic (exact) mass is 667 g/mol. The second kappa shape index (κ2) is 12.5. The maximum absolute atomic E-state index is 9.66. The summed E-state index contributed by atoms with van der Waals surface area (Å²) in [6.07, 6.45) is 0. The minimum atomic E-state index is -0.238. The van der Waals surface area contributed by atoms with E-state index in [0.29, 0.717) is 28.1 Å². The van der Waals surface area contributed by atoms with E-state index in [4.69, 9.17) is 7.16 Å². The van der Waals surface area contributed by atoms with Crippen LogP contribution in [-0.2, 0) is 0 Å². The van der Waals surface area contributed by atoms with Crippen LogP contribution in [0.2, 0.25) is 0 Å². The zero-order valence-electron chi connectivity index (χ0n) is 32.1. The Morgan fingerprint density at radius 2 is 1.06 bits per heavy atom. The largest absolute Gasteiger partial charge is 0.455 e. The standard InChI is InChI=1S/C50H33NO/c1-2-11-34(12-3-1)40-16-8-17-42(33-40)51(47-21-10-22-48-49(47)46-32-29-38-14-5-7-19-45(38)50(46)52-48)41-30-27-36(28-31-41)35-23-25-39(26-24-35)44-20-9-15-37-13-4-6-18-43(37)44/h1-33H/i8D,16D,17D,33D. The van der Waals surface area contributed by atoms with Crippen molar-refractivity contribution >= 4 is 60.5 Å². The van der Waals surface area contributed by atoms with Crippen LogP contribution in [0.5, 0.6) is 0 Å². The first-order valence-corrected chi connectivity index (χ1v) is 17.4. The zero-order valence-corrected chi connectivity index (χ0v) is 28.1. The van der Waals surface area contributed by atoms with Crippen molar-refractivity contribution in [1.82, 2.24) is 0 Å². The summed E-state index contributed by atoms with van der Waals surface area (Å²) in [5.74, 6) is 0. The second-order valence-corrected chi connectivity index (χ2v) is 13.0. The summed E-state index contributed by atoms with van der Waals surface area (Å²) < 4.78 is 43.5. The van der Waals surface area contributed by atoms with Crippen molar-refractivity contribution in [3.63, 3.8) is 0 Å². The number of hydrogen-bond acceptors (Lipinski definition) is 2. The summed E-state index contributed by atoms with van der Waals surface area (Å²) in [4.78, 5) is 1.90. The van der Waals surface area contributed by atoms with Gasteiger partial charge in [-0.15, -0.1) is 0 Å². The van der Waals surface area contributed by atoms with Crippen molar-refractivity contribution in [3.8, 4) is 33.4 Å². The van der Waals surface area contributed by atoms with Crippen molar-refractivity contribution in [2.75, 3.05) is 4.90 Å². The summed E-state index contributed by atoms with van der Waals surface area (Å²) in [6.45, 7) is 0. The predicted octanol–water partition coefficient (Wildman–Crippen LogP) is 14.4. The van der Waals surface area contributed by atoms with Crippen LogP contribution in [0.3, 0.4) is 0 Å². The Balaban J connectivity index is 1.15. The normalized spacial score (nSPS) is 12.5. The van der Waals surface area contributed by atoms with E-state index >= 15 is 0 Å². The van der Waals surface area contributed by atoms with E-state index in [-0.39, 0.29) is 29.9 Å². The Hall–Kier alpha value is -6.90. The van der Waals surface area contributed by atoms with Gasteiger partial charge in [-0.2, -0.15) is 0 Å². The van der Waals surface area contributed by atoms with Crippen LogP contribution in [0, 0.1) is 0 Å². The number of rotatable bonds is 6. The average molecular weight is 668 g/mol. The fraction of sp³-hybridized carbons (Fsp3) is 0. The topological polar surface area (TPSA) is 16.4 Å². The first-order valence-electron chi connectivity index (χ1n) is 19.4. The van der Waals surface area contributed by atoms with Gasteiger partial charge in [-0.05, 0) is 92.0 Å². The molecule has 52 heavy (non-hydrogen) atoms. The molecule has 0 amide bonds. The minimum absolute atomic E-state index is 0.00514. The van der Waals surface area contributed by atoms with E-state index in [1.165, 1.54) is 16.3 Å². The summed E-state index contributed by atoms with van der Waals surface area (Å²) in [5.41, 5.74) is 8.44. The van der Waals surface area contributed by atoms with Crippen LogP contribution in [0.4, 0.5) is 17.1 Å². The summed E-state index contributed by atoms with van der Waals surface area (Å²) in [5, 5.41) is 6.23. The number of benzene rings is 9. The molecule has 0 saturated heterocycles. The Morgan fingerprint density at radius 3 is 1.87 bits per heavy atom. The van der Waals surface area contributed by atoms with Crippen LogP contribution in [0.1, 0.15) is 5.48 Å². The highest BCUT2D eigenvalue weighted by molar-refractivity contribution is 6.19. The van der Waals surface area contributed by atoms with Gasteiger partial charge in [0.2, 0.25) is 0 Å². The summed E-state index contributed by atoms with van der Waals surface area (Å²) >= 11 is 0. The van der Waals surface area contributed by atoms with Crippen molar-refractivity contribution < 1.29 is 9.90 Å². The molecule has 0 saturated carbocycles. The molecule has 1 heterocycles. The lowest BCUT2D eigenvalue weighted by Crippen LogP contribution is -2.10. The van der Waals surface area contributed by atoms with Gasteiger partial charge in [0.05, 0.1) is 16.6 Å². The van der Waals surface area contributed by atoms with Crippen molar-refractivity contribution in [2.24, 2.45) is 0 Å². The van der Waals surface area contributed by atoms with Gasteiger partial charge < -0.3 is 9.32 Å². The third kappa shape index (κ3) is 5.12. The SMILES string of the molecule is [2H]c1c([2H])c(-c2ccccc2)c([2H])c(N(c2ccc(-c3ccc(-c4cccc5ccccc45)cc3)cc2)c2cccc3oc4c5ccccc5ccc4c23)c1[2H]. The first-order chi connectivity index (χ1) is 27.5. The molecule has 10 rings (SSSR count). The number of anilines is 3. The zero-order chi connectivity index (χ0) is 37.9. The number of furan rings is 1. The molecule has 0 bridgehead atoms. The van der Waals surface area contributed by atoms with Gasteiger partial charge >= 0.3 is 0 Å². The highest BCUT2D eigenvalue weighted by Gasteiger charge is 2.21. The van der Waals surface area contributed by atoms with Gasteiger partial charge in [0, 0.05) is 22.1 Å². The highest BCUT2D eigenvalue weighted by atomic mass is 16.3. The molecule has 9 aromatic carbocycles. The molecule has 0 aliphatic rings. The van der Waals surface area contributed by atoms with Crippen molar-refractivity contribution in [1.29, 1.82) is 0 Å². The smallest absolute Gasteiger partial charge is 0.143 e. The lowest BCUT2D eigenvalue weighted by atomic mass is 9.96. The Bertz CT molecular complexity index is 3110. The van der Waals surface area contributed by atoms with E-state index in [9.17, 15) is 2.74 Å². The maximum atomic E-state index is 9.66. The van der Waals surface area contributed by atoms with Crippen LogP contribution in [-0.4, -0.2) is 0 Å². The molecular formula is C50H33NO. The molecule has 0 N–H and O–H groups in total. The molecule has 0 aliphatic heterocycles. The Labute approximate surface area is 308 Å².